The molecule has 1 heterocycles. The van der Waals surface area contributed by atoms with E-state index in [9.17, 15) is 13.2 Å². The third-order valence-corrected chi connectivity index (χ3v) is 3.85. The van der Waals surface area contributed by atoms with E-state index in [1.807, 2.05) is 27.0 Å². The number of rotatable bonds is 7. The summed E-state index contributed by atoms with van der Waals surface area (Å²) in [5.41, 5.74) is 1.01. The molecule has 0 radical (unpaired) electrons. The maximum absolute atomic E-state index is 12.5. The molecule has 19 heavy (non-hydrogen) atoms. The molecular formula is C13H21F3N2S. The van der Waals surface area contributed by atoms with E-state index in [2.05, 4.69) is 5.32 Å². The molecule has 2 nitrogen and oxygen atoms in total. The van der Waals surface area contributed by atoms with Gasteiger partial charge in [0.25, 0.3) is 0 Å². The first-order valence-corrected chi connectivity index (χ1v) is 7.19. The highest BCUT2D eigenvalue weighted by atomic mass is 32.1. The molecule has 0 saturated heterocycles. The summed E-state index contributed by atoms with van der Waals surface area (Å²) in [6.07, 6.45) is -3.41. The van der Waals surface area contributed by atoms with Crippen LogP contribution in [-0.4, -0.2) is 31.2 Å². The average molecular weight is 294 g/mol. The molecule has 1 aromatic heterocycles. The van der Waals surface area contributed by atoms with Gasteiger partial charge in [-0.1, -0.05) is 6.92 Å². The monoisotopic (exact) mass is 294 g/mol. The van der Waals surface area contributed by atoms with Crippen LogP contribution >= 0.6 is 11.3 Å². The highest BCUT2D eigenvalue weighted by Gasteiger charge is 2.30. The Balaban J connectivity index is 2.72. The Kier molecular flexibility index (Phi) is 6.29. The lowest BCUT2D eigenvalue weighted by atomic mass is 10.2. The minimum absolute atomic E-state index is 0.374. The number of hydrogen-bond acceptors (Lipinski definition) is 3. The number of halogens is 3. The molecule has 0 aliphatic carbocycles. The van der Waals surface area contributed by atoms with Gasteiger partial charge in [0.05, 0.1) is 6.54 Å². The van der Waals surface area contributed by atoms with Gasteiger partial charge in [-0.25, -0.2) is 0 Å². The Bertz CT molecular complexity index is 388. The summed E-state index contributed by atoms with van der Waals surface area (Å²) < 4.78 is 37.5. The fourth-order valence-electron chi connectivity index (χ4n) is 2.03. The van der Waals surface area contributed by atoms with Crippen LogP contribution in [-0.2, 0) is 13.1 Å². The van der Waals surface area contributed by atoms with Gasteiger partial charge < -0.3 is 5.32 Å². The standard InChI is InChI=1S/C13H21F3N2S/c1-4-5-18(9-13(14,15)16)8-11-6-12(7-17-3)19-10(11)2/h6,17H,4-5,7-9H2,1-3H3. The minimum atomic E-state index is -4.13. The Morgan fingerprint density at radius 1 is 1.37 bits per heavy atom. The number of alkyl halides is 3. The molecule has 0 atom stereocenters. The zero-order chi connectivity index (χ0) is 14.5. The lowest BCUT2D eigenvalue weighted by Gasteiger charge is -2.22. The van der Waals surface area contributed by atoms with Crippen LogP contribution in [0.5, 0.6) is 0 Å². The molecule has 0 aromatic carbocycles. The molecule has 6 heteroatoms. The highest BCUT2D eigenvalue weighted by Crippen LogP contribution is 2.24. The lowest BCUT2D eigenvalue weighted by molar-refractivity contribution is -0.147. The molecule has 0 saturated carbocycles. The van der Waals surface area contributed by atoms with Crippen LogP contribution < -0.4 is 5.32 Å². The van der Waals surface area contributed by atoms with E-state index >= 15 is 0 Å². The third kappa shape index (κ3) is 5.93. The van der Waals surface area contributed by atoms with Crippen LogP contribution in [0.1, 0.15) is 28.7 Å². The molecular weight excluding hydrogens is 273 g/mol. The van der Waals surface area contributed by atoms with Gasteiger partial charge in [-0.05, 0) is 38.6 Å². The average Bonchev–Trinajstić information content (AvgIpc) is 2.58. The second kappa shape index (κ2) is 7.26. The molecule has 1 N–H and O–H groups in total. The molecule has 0 aliphatic rings. The summed E-state index contributed by atoms with van der Waals surface area (Å²) in [6, 6.07) is 2.01. The molecule has 0 aliphatic heterocycles. The van der Waals surface area contributed by atoms with Gasteiger partial charge in [0.15, 0.2) is 0 Å². The van der Waals surface area contributed by atoms with Crippen molar-refractivity contribution in [1.82, 2.24) is 10.2 Å². The van der Waals surface area contributed by atoms with Gasteiger partial charge in [0, 0.05) is 22.8 Å². The predicted molar refractivity (Wildman–Crippen MR) is 73.4 cm³/mol. The van der Waals surface area contributed by atoms with Crippen molar-refractivity contribution in [2.45, 2.75) is 39.5 Å². The van der Waals surface area contributed by atoms with Gasteiger partial charge >= 0.3 is 6.18 Å². The molecule has 0 spiro atoms. The van der Waals surface area contributed by atoms with Crippen molar-refractivity contribution in [3.8, 4) is 0 Å². The van der Waals surface area contributed by atoms with Crippen LogP contribution in [0, 0.1) is 6.92 Å². The zero-order valence-electron chi connectivity index (χ0n) is 11.6. The SMILES string of the molecule is CCCN(Cc1cc(CNC)sc1C)CC(F)(F)F. The fraction of sp³-hybridized carbons (Fsp3) is 0.692. The first-order chi connectivity index (χ1) is 8.85. The predicted octanol–water partition coefficient (Wildman–Crippen LogP) is 3.55. The summed E-state index contributed by atoms with van der Waals surface area (Å²) in [7, 11) is 1.86. The smallest absolute Gasteiger partial charge is 0.315 e. The molecule has 0 fully saturated rings. The van der Waals surface area contributed by atoms with Crippen molar-refractivity contribution < 1.29 is 13.2 Å². The van der Waals surface area contributed by atoms with E-state index < -0.39 is 12.7 Å². The molecule has 0 bridgehead atoms. The Morgan fingerprint density at radius 2 is 2.05 bits per heavy atom. The minimum Gasteiger partial charge on any atom is -0.315 e. The maximum Gasteiger partial charge on any atom is 0.401 e. The largest absolute Gasteiger partial charge is 0.401 e. The molecule has 1 aromatic rings. The van der Waals surface area contributed by atoms with E-state index in [1.54, 1.807) is 11.3 Å². The normalized spacial score (nSPS) is 12.4. The number of thiophene rings is 1. The zero-order valence-corrected chi connectivity index (χ0v) is 12.4. The van der Waals surface area contributed by atoms with Crippen LogP contribution in [0.2, 0.25) is 0 Å². The van der Waals surface area contributed by atoms with Crippen molar-refractivity contribution in [2.24, 2.45) is 0 Å². The number of hydrogen-bond donors (Lipinski definition) is 1. The quantitative estimate of drug-likeness (QED) is 0.827. The summed E-state index contributed by atoms with van der Waals surface area (Å²) in [5.74, 6) is 0. The second-order valence-electron chi connectivity index (χ2n) is 4.65. The molecule has 0 unspecified atom stereocenters. The van der Waals surface area contributed by atoms with Crippen LogP contribution in [0.4, 0.5) is 13.2 Å². The van der Waals surface area contributed by atoms with E-state index in [1.165, 1.54) is 9.78 Å². The number of aryl methyl sites for hydroxylation is 1. The van der Waals surface area contributed by atoms with Crippen LogP contribution in [0.3, 0.4) is 0 Å². The second-order valence-corrected chi connectivity index (χ2v) is 5.99. The Labute approximate surface area is 116 Å². The topological polar surface area (TPSA) is 15.3 Å². The van der Waals surface area contributed by atoms with Gasteiger partial charge in [0.2, 0.25) is 0 Å². The first-order valence-electron chi connectivity index (χ1n) is 6.37. The fourth-order valence-corrected chi connectivity index (χ4v) is 3.10. The summed E-state index contributed by atoms with van der Waals surface area (Å²) in [6.45, 7) is 4.64. The number of nitrogens with one attached hydrogen (secondary N) is 1. The van der Waals surface area contributed by atoms with Crippen molar-refractivity contribution in [2.75, 3.05) is 20.1 Å². The van der Waals surface area contributed by atoms with Crippen LogP contribution in [0.15, 0.2) is 6.07 Å². The highest BCUT2D eigenvalue weighted by molar-refractivity contribution is 7.12. The van der Waals surface area contributed by atoms with Crippen molar-refractivity contribution in [3.05, 3.63) is 21.4 Å². The van der Waals surface area contributed by atoms with E-state index in [0.29, 0.717) is 13.1 Å². The third-order valence-electron chi connectivity index (χ3n) is 2.76. The maximum atomic E-state index is 12.5. The summed E-state index contributed by atoms with van der Waals surface area (Å²) in [5, 5.41) is 3.06. The lowest BCUT2D eigenvalue weighted by Crippen LogP contribution is -2.34. The van der Waals surface area contributed by atoms with Gasteiger partial charge in [0.1, 0.15) is 0 Å². The summed E-state index contributed by atoms with van der Waals surface area (Å²) >= 11 is 1.65. The van der Waals surface area contributed by atoms with Crippen LogP contribution in [0.25, 0.3) is 0 Å². The Morgan fingerprint density at radius 3 is 2.58 bits per heavy atom. The molecule has 110 valence electrons. The van der Waals surface area contributed by atoms with Gasteiger partial charge in [-0.3, -0.25) is 4.90 Å². The number of nitrogens with zero attached hydrogens (tertiary/aromatic N) is 1. The van der Waals surface area contributed by atoms with Crippen molar-refractivity contribution in [3.63, 3.8) is 0 Å². The van der Waals surface area contributed by atoms with Crippen molar-refractivity contribution >= 4 is 11.3 Å². The summed E-state index contributed by atoms with van der Waals surface area (Å²) in [4.78, 5) is 3.74. The van der Waals surface area contributed by atoms with Gasteiger partial charge in [-0.15, -0.1) is 11.3 Å². The Hall–Kier alpha value is -0.590. The molecule has 0 amide bonds. The first kappa shape index (κ1) is 16.5. The van der Waals surface area contributed by atoms with Gasteiger partial charge in [-0.2, -0.15) is 13.2 Å². The van der Waals surface area contributed by atoms with E-state index in [0.717, 1.165) is 23.4 Å². The van der Waals surface area contributed by atoms with Crippen molar-refractivity contribution in [1.29, 1.82) is 0 Å². The molecule has 1 rings (SSSR count). The van der Waals surface area contributed by atoms with E-state index in [4.69, 9.17) is 0 Å². The van der Waals surface area contributed by atoms with E-state index in [-0.39, 0.29) is 0 Å².